The van der Waals surface area contributed by atoms with Gasteiger partial charge >= 0.3 is 0 Å². The highest BCUT2D eigenvalue weighted by Crippen LogP contribution is 2.34. The monoisotopic (exact) mass is 485 g/mol. The minimum atomic E-state index is -0.323. The van der Waals surface area contributed by atoms with Crippen LogP contribution < -0.4 is 10.1 Å². The predicted molar refractivity (Wildman–Crippen MR) is 132 cm³/mol. The third-order valence-electron chi connectivity index (χ3n) is 4.88. The van der Waals surface area contributed by atoms with Gasteiger partial charge in [0.2, 0.25) is 5.91 Å². The Kier molecular flexibility index (Phi) is 8.31. The SMILES string of the molecule is CCCN(C)C(=O)c1c(NC(C)=O)ncc(Oc2cccc(Cl)c2)c1Cc1ccc(Cl)cc1. The number of rotatable bonds is 8. The molecule has 0 saturated carbocycles. The van der Waals surface area contributed by atoms with Crippen LogP contribution in [0.5, 0.6) is 11.5 Å². The average molecular weight is 486 g/mol. The molecular weight excluding hydrogens is 461 g/mol. The summed E-state index contributed by atoms with van der Waals surface area (Å²) in [5.41, 5.74) is 1.81. The van der Waals surface area contributed by atoms with Crippen molar-refractivity contribution in [2.45, 2.75) is 26.7 Å². The maximum absolute atomic E-state index is 13.5. The summed E-state index contributed by atoms with van der Waals surface area (Å²) in [5.74, 6) is 0.519. The standard InChI is InChI=1S/C25H25Cl2N3O3/c1-4-12-30(3)25(32)23-21(13-17-8-10-18(26)11-9-17)22(15-28-24(23)29-16(2)31)33-20-7-5-6-19(27)14-20/h5-11,14-15H,4,12-13H2,1-3H3,(H,28,29,31). The molecule has 0 aliphatic rings. The van der Waals surface area contributed by atoms with E-state index >= 15 is 0 Å². The quantitative estimate of drug-likeness (QED) is 0.411. The van der Waals surface area contributed by atoms with Crippen molar-refractivity contribution >= 4 is 40.8 Å². The Morgan fingerprint density at radius 2 is 1.82 bits per heavy atom. The molecule has 2 amide bonds. The molecule has 0 radical (unpaired) electrons. The lowest BCUT2D eigenvalue weighted by Gasteiger charge is -2.22. The van der Waals surface area contributed by atoms with Crippen molar-refractivity contribution in [2.75, 3.05) is 18.9 Å². The summed E-state index contributed by atoms with van der Waals surface area (Å²) >= 11 is 12.2. The number of benzene rings is 2. The zero-order valence-electron chi connectivity index (χ0n) is 18.7. The summed E-state index contributed by atoms with van der Waals surface area (Å²) in [6.45, 7) is 3.92. The van der Waals surface area contributed by atoms with Crippen molar-refractivity contribution in [3.8, 4) is 11.5 Å². The number of amides is 2. The van der Waals surface area contributed by atoms with Gasteiger partial charge in [-0.15, -0.1) is 0 Å². The third-order valence-corrected chi connectivity index (χ3v) is 5.37. The van der Waals surface area contributed by atoms with Crippen molar-refractivity contribution in [2.24, 2.45) is 0 Å². The molecule has 172 valence electrons. The van der Waals surface area contributed by atoms with E-state index in [9.17, 15) is 9.59 Å². The molecule has 8 heteroatoms. The summed E-state index contributed by atoms with van der Waals surface area (Å²) in [4.78, 5) is 31.3. The number of nitrogens with zero attached hydrogens (tertiary/aromatic N) is 2. The van der Waals surface area contributed by atoms with Gasteiger partial charge in [-0.05, 0) is 42.3 Å². The van der Waals surface area contributed by atoms with Crippen LogP contribution in [-0.2, 0) is 11.2 Å². The molecule has 0 aliphatic heterocycles. The highest BCUT2D eigenvalue weighted by Gasteiger charge is 2.25. The highest BCUT2D eigenvalue weighted by atomic mass is 35.5. The first kappa shape index (κ1) is 24.6. The fourth-order valence-electron chi connectivity index (χ4n) is 3.38. The Morgan fingerprint density at radius 1 is 1.09 bits per heavy atom. The van der Waals surface area contributed by atoms with Gasteiger partial charge in [-0.1, -0.05) is 48.3 Å². The normalized spacial score (nSPS) is 10.6. The molecule has 3 aromatic rings. The lowest BCUT2D eigenvalue weighted by atomic mass is 9.98. The molecular formula is C25H25Cl2N3O3. The van der Waals surface area contributed by atoms with E-state index in [-0.39, 0.29) is 23.2 Å². The van der Waals surface area contributed by atoms with Crippen LogP contribution >= 0.6 is 23.2 Å². The molecule has 0 atom stereocenters. The van der Waals surface area contributed by atoms with Crippen LogP contribution in [0.4, 0.5) is 5.82 Å². The van der Waals surface area contributed by atoms with Gasteiger partial charge in [0.25, 0.3) is 5.91 Å². The lowest BCUT2D eigenvalue weighted by molar-refractivity contribution is -0.114. The Hall–Kier alpha value is -3.09. The van der Waals surface area contributed by atoms with E-state index in [4.69, 9.17) is 27.9 Å². The largest absolute Gasteiger partial charge is 0.455 e. The van der Waals surface area contributed by atoms with Gasteiger partial charge in [0.05, 0.1) is 11.8 Å². The number of aromatic nitrogens is 1. The molecule has 1 aromatic heterocycles. The van der Waals surface area contributed by atoms with Crippen LogP contribution in [0.2, 0.25) is 10.0 Å². The molecule has 1 heterocycles. The second-order valence-corrected chi connectivity index (χ2v) is 8.47. The molecule has 0 aliphatic carbocycles. The van der Waals surface area contributed by atoms with E-state index in [2.05, 4.69) is 10.3 Å². The second-order valence-electron chi connectivity index (χ2n) is 7.60. The third kappa shape index (κ3) is 6.46. The highest BCUT2D eigenvalue weighted by molar-refractivity contribution is 6.30. The fraction of sp³-hybridized carbons (Fsp3) is 0.240. The molecule has 33 heavy (non-hydrogen) atoms. The van der Waals surface area contributed by atoms with E-state index in [0.29, 0.717) is 40.1 Å². The maximum atomic E-state index is 13.5. The molecule has 0 bridgehead atoms. The number of carbonyl (C=O) groups is 2. The van der Waals surface area contributed by atoms with Crippen molar-refractivity contribution < 1.29 is 14.3 Å². The topological polar surface area (TPSA) is 71.5 Å². The van der Waals surface area contributed by atoms with Crippen LogP contribution in [0.25, 0.3) is 0 Å². The summed E-state index contributed by atoms with van der Waals surface area (Å²) in [7, 11) is 1.72. The van der Waals surface area contributed by atoms with Crippen molar-refractivity contribution in [3.05, 3.63) is 81.5 Å². The molecule has 0 unspecified atom stereocenters. The van der Waals surface area contributed by atoms with Gasteiger partial charge in [0.15, 0.2) is 0 Å². The zero-order valence-corrected chi connectivity index (χ0v) is 20.2. The van der Waals surface area contributed by atoms with Crippen molar-refractivity contribution in [1.82, 2.24) is 9.88 Å². The number of hydrogen-bond donors (Lipinski definition) is 1. The van der Waals surface area contributed by atoms with Gasteiger partial charge in [-0.25, -0.2) is 4.98 Å². The Labute approximate surface area is 203 Å². The first-order valence-corrected chi connectivity index (χ1v) is 11.3. The Bertz CT molecular complexity index is 1150. The minimum absolute atomic E-state index is 0.192. The van der Waals surface area contributed by atoms with E-state index < -0.39 is 0 Å². The number of halogens is 2. The fourth-order valence-corrected chi connectivity index (χ4v) is 3.69. The number of hydrogen-bond acceptors (Lipinski definition) is 4. The van der Waals surface area contributed by atoms with Gasteiger partial charge in [-0.3, -0.25) is 9.59 Å². The van der Waals surface area contributed by atoms with Crippen LogP contribution in [0.15, 0.2) is 54.7 Å². The van der Waals surface area contributed by atoms with Crippen LogP contribution in [0, 0.1) is 0 Å². The number of pyridine rings is 1. The number of ether oxygens (including phenoxy) is 1. The molecule has 6 nitrogen and oxygen atoms in total. The number of carbonyl (C=O) groups excluding carboxylic acids is 2. The van der Waals surface area contributed by atoms with Gasteiger partial charge in [-0.2, -0.15) is 0 Å². The number of anilines is 1. The first-order chi connectivity index (χ1) is 15.8. The second kappa shape index (κ2) is 11.2. The predicted octanol–water partition coefficient (Wildman–Crippen LogP) is 6.21. The molecule has 0 spiro atoms. The smallest absolute Gasteiger partial charge is 0.257 e. The van der Waals surface area contributed by atoms with E-state index in [1.54, 1.807) is 48.3 Å². The summed E-state index contributed by atoms with van der Waals surface area (Å²) in [6.07, 6.45) is 2.66. The molecule has 3 rings (SSSR count). The minimum Gasteiger partial charge on any atom is -0.455 e. The molecule has 0 fully saturated rings. The zero-order chi connectivity index (χ0) is 24.0. The first-order valence-electron chi connectivity index (χ1n) is 10.5. The van der Waals surface area contributed by atoms with Crippen LogP contribution in [0.1, 0.15) is 41.8 Å². The van der Waals surface area contributed by atoms with Crippen LogP contribution in [-0.4, -0.2) is 35.3 Å². The van der Waals surface area contributed by atoms with Crippen molar-refractivity contribution in [3.63, 3.8) is 0 Å². The van der Waals surface area contributed by atoms with Crippen molar-refractivity contribution in [1.29, 1.82) is 0 Å². The lowest BCUT2D eigenvalue weighted by Crippen LogP contribution is -2.30. The van der Waals surface area contributed by atoms with E-state index in [1.165, 1.54) is 13.1 Å². The molecule has 2 aromatic carbocycles. The number of nitrogens with one attached hydrogen (secondary N) is 1. The molecule has 0 saturated heterocycles. The van der Waals surface area contributed by atoms with Gasteiger partial charge < -0.3 is 15.0 Å². The van der Waals surface area contributed by atoms with Gasteiger partial charge in [0.1, 0.15) is 17.3 Å². The molecule has 1 N–H and O–H groups in total. The summed E-state index contributed by atoms with van der Waals surface area (Å²) < 4.78 is 6.12. The maximum Gasteiger partial charge on any atom is 0.257 e. The average Bonchev–Trinajstić information content (AvgIpc) is 2.76. The Morgan fingerprint density at radius 3 is 2.45 bits per heavy atom. The van der Waals surface area contributed by atoms with Crippen LogP contribution in [0.3, 0.4) is 0 Å². The summed E-state index contributed by atoms with van der Waals surface area (Å²) in [6, 6.07) is 14.3. The van der Waals surface area contributed by atoms with Gasteiger partial charge in [0, 0.05) is 42.5 Å². The van der Waals surface area contributed by atoms with E-state index in [1.807, 2.05) is 19.1 Å². The summed E-state index contributed by atoms with van der Waals surface area (Å²) in [5, 5.41) is 3.83. The van der Waals surface area contributed by atoms with E-state index in [0.717, 1.165) is 12.0 Å². The Balaban J connectivity index is 2.18.